The first-order valence-corrected chi connectivity index (χ1v) is 8.80. The summed E-state index contributed by atoms with van der Waals surface area (Å²) in [6.45, 7) is 6.81. The molecule has 136 valence electrons. The normalized spacial score (nSPS) is 10.8. The van der Waals surface area contributed by atoms with E-state index < -0.39 is 0 Å². The molecule has 0 fully saturated rings. The van der Waals surface area contributed by atoms with E-state index in [1.807, 2.05) is 39.0 Å². The van der Waals surface area contributed by atoms with Crippen molar-refractivity contribution in [3.05, 3.63) is 70.4 Å². The lowest BCUT2D eigenvalue weighted by atomic mass is 10.2. The Morgan fingerprint density at radius 1 is 1.27 bits per heavy atom. The Bertz CT molecular complexity index is 914. The fourth-order valence-corrected chi connectivity index (χ4v) is 3.15. The van der Waals surface area contributed by atoms with Gasteiger partial charge >= 0.3 is 0 Å². The Balaban J connectivity index is 1.86. The van der Waals surface area contributed by atoms with E-state index in [1.54, 1.807) is 24.5 Å². The van der Waals surface area contributed by atoms with Crippen molar-refractivity contribution in [2.75, 3.05) is 11.9 Å². The van der Waals surface area contributed by atoms with Crippen molar-refractivity contribution in [3.8, 4) is 5.75 Å². The summed E-state index contributed by atoms with van der Waals surface area (Å²) in [5, 5.41) is 3.37. The molecule has 0 bridgehead atoms. The van der Waals surface area contributed by atoms with E-state index in [-0.39, 0.29) is 5.91 Å². The highest BCUT2D eigenvalue weighted by Crippen LogP contribution is 2.33. The number of hydrogen-bond donors (Lipinski definition) is 1. The third-order valence-electron chi connectivity index (χ3n) is 4.22. The minimum Gasteiger partial charge on any atom is -0.490 e. The van der Waals surface area contributed by atoms with Crippen LogP contribution in [-0.4, -0.2) is 17.1 Å². The quantitative estimate of drug-likeness (QED) is 0.658. The number of furan rings is 1. The number of carbonyl (C=O) groups excluding carboxylic acids is 1. The highest BCUT2D eigenvalue weighted by molar-refractivity contribution is 6.32. The lowest BCUT2D eigenvalue weighted by Crippen LogP contribution is -2.14. The molecule has 0 spiro atoms. The predicted molar refractivity (Wildman–Crippen MR) is 102 cm³/mol. The molecule has 0 saturated carbocycles. The molecule has 5 nitrogen and oxygen atoms in total. The molecule has 2 aromatic heterocycles. The van der Waals surface area contributed by atoms with Gasteiger partial charge in [0.2, 0.25) is 0 Å². The standard InChI is InChI=1S/C20H21ClN2O3/c1-4-25-19-17(21)8-5-9-18(19)22-20(24)16-11-13(2)23(14(16)3)12-15-7-6-10-26-15/h5-11H,4,12H2,1-3H3,(H,22,24). The molecular weight excluding hydrogens is 352 g/mol. The summed E-state index contributed by atoms with van der Waals surface area (Å²) in [5.41, 5.74) is 3.02. The van der Waals surface area contributed by atoms with Crippen LogP contribution in [0.1, 0.15) is 34.4 Å². The second-order valence-electron chi connectivity index (χ2n) is 5.95. The summed E-state index contributed by atoms with van der Waals surface area (Å²) in [7, 11) is 0. The zero-order chi connectivity index (χ0) is 18.7. The lowest BCUT2D eigenvalue weighted by Gasteiger charge is -2.13. The van der Waals surface area contributed by atoms with Crippen LogP contribution in [0.2, 0.25) is 5.02 Å². The zero-order valence-electron chi connectivity index (χ0n) is 15.0. The molecule has 3 rings (SSSR count). The smallest absolute Gasteiger partial charge is 0.257 e. The Morgan fingerprint density at radius 2 is 2.08 bits per heavy atom. The van der Waals surface area contributed by atoms with E-state index in [1.165, 1.54) is 0 Å². The molecule has 0 unspecified atom stereocenters. The van der Waals surface area contributed by atoms with E-state index in [2.05, 4.69) is 9.88 Å². The van der Waals surface area contributed by atoms with E-state index in [0.29, 0.717) is 35.2 Å². The van der Waals surface area contributed by atoms with Crippen molar-refractivity contribution >= 4 is 23.2 Å². The highest BCUT2D eigenvalue weighted by Gasteiger charge is 2.18. The van der Waals surface area contributed by atoms with Crippen molar-refractivity contribution in [1.82, 2.24) is 4.57 Å². The summed E-state index contributed by atoms with van der Waals surface area (Å²) < 4.78 is 13.0. The number of benzene rings is 1. The molecular formula is C20H21ClN2O3. The number of ether oxygens (including phenoxy) is 1. The number of rotatable bonds is 6. The largest absolute Gasteiger partial charge is 0.490 e. The van der Waals surface area contributed by atoms with Crippen molar-refractivity contribution in [3.63, 3.8) is 0 Å². The minimum absolute atomic E-state index is 0.202. The molecule has 1 amide bonds. The molecule has 2 heterocycles. The topological polar surface area (TPSA) is 56.4 Å². The number of hydrogen-bond acceptors (Lipinski definition) is 3. The molecule has 0 aliphatic heterocycles. The number of halogens is 1. The second kappa shape index (κ2) is 7.70. The van der Waals surface area contributed by atoms with Crippen LogP contribution < -0.4 is 10.1 Å². The zero-order valence-corrected chi connectivity index (χ0v) is 15.8. The highest BCUT2D eigenvalue weighted by atomic mass is 35.5. The van der Waals surface area contributed by atoms with Gasteiger partial charge in [-0.1, -0.05) is 17.7 Å². The van der Waals surface area contributed by atoms with Crippen molar-refractivity contribution < 1.29 is 13.9 Å². The van der Waals surface area contributed by atoms with Crippen LogP contribution in [0.4, 0.5) is 5.69 Å². The number of nitrogens with one attached hydrogen (secondary N) is 1. The van der Waals surface area contributed by atoms with Gasteiger partial charge in [-0.2, -0.15) is 0 Å². The van der Waals surface area contributed by atoms with Gasteiger partial charge in [0.15, 0.2) is 5.75 Å². The molecule has 26 heavy (non-hydrogen) atoms. The third-order valence-corrected chi connectivity index (χ3v) is 4.51. The van der Waals surface area contributed by atoms with E-state index in [9.17, 15) is 4.79 Å². The van der Waals surface area contributed by atoms with Crippen LogP contribution >= 0.6 is 11.6 Å². The van der Waals surface area contributed by atoms with Crippen molar-refractivity contribution in [2.24, 2.45) is 0 Å². The molecule has 1 N–H and O–H groups in total. The van der Waals surface area contributed by atoms with Gasteiger partial charge in [-0.05, 0) is 51.1 Å². The first kappa shape index (κ1) is 18.1. The van der Waals surface area contributed by atoms with Crippen molar-refractivity contribution in [1.29, 1.82) is 0 Å². The maximum atomic E-state index is 12.8. The van der Waals surface area contributed by atoms with Gasteiger partial charge in [-0.15, -0.1) is 0 Å². The number of amides is 1. The molecule has 0 aliphatic carbocycles. The molecule has 6 heteroatoms. The number of aryl methyl sites for hydroxylation is 1. The van der Waals surface area contributed by atoms with Crippen LogP contribution in [0.15, 0.2) is 47.1 Å². The van der Waals surface area contributed by atoms with Gasteiger partial charge in [-0.25, -0.2) is 0 Å². The van der Waals surface area contributed by atoms with Gasteiger partial charge in [0, 0.05) is 11.4 Å². The number of carbonyl (C=O) groups is 1. The van der Waals surface area contributed by atoms with Crippen LogP contribution in [-0.2, 0) is 6.54 Å². The molecule has 0 radical (unpaired) electrons. The maximum absolute atomic E-state index is 12.8. The molecule has 3 aromatic rings. The second-order valence-corrected chi connectivity index (χ2v) is 6.36. The van der Waals surface area contributed by atoms with Gasteiger partial charge in [-0.3, -0.25) is 4.79 Å². The van der Waals surface area contributed by atoms with Crippen LogP contribution in [0.5, 0.6) is 5.75 Å². The first-order chi connectivity index (χ1) is 12.5. The van der Waals surface area contributed by atoms with E-state index in [0.717, 1.165) is 17.1 Å². The maximum Gasteiger partial charge on any atom is 0.257 e. The molecule has 0 aliphatic rings. The minimum atomic E-state index is -0.202. The van der Waals surface area contributed by atoms with Crippen LogP contribution in [0.3, 0.4) is 0 Å². The Morgan fingerprint density at radius 3 is 2.77 bits per heavy atom. The Labute approximate surface area is 157 Å². The average molecular weight is 373 g/mol. The molecule has 1 aromatic carbocycles. The predicted octanol–water partition coefficient (Wildman–Crippen LogP) is 5.05. The number of anilines is 1. The molecule has 0 saturated heterocycles. The number of para-hydroxylation sites is 1. The third kappa shape index (κ3) is 3.63. The van der Waals surface area contributed by atoms with Crippen LogP contribution in [0, 0.1) is 13.8 Å². The summed E-state index contributed by atoms with van der Waals surface area (Å²) in [6.07, 6.45) is 1.64. The monoisotopic (exact) mass is 372 g/mol. The van der Waals surface area contributed by atoms with Crippen molar-refractivity contribution in [2.45, 2.75) is 27.3 Å². The Kier molecular flexibility index (Phi) is 5.38. The number of nitrogens with zero attached hydrogens (tertiary/aromatic N) is 1. The average Bonchev–Trinajstić information content (AvgIpc) is 3.22. The SMILES string of the molecule is CCOc1c(Cl)cccc1NC(=O)c1cc(C)n(Cc2ccco2)c1C. The van der Waals surface area contributed by atoms with Gasteiger partial charge in [0.25, 0.3) is 5.91 Å². The van der Waals surface area contributed by atoms with E-state index in [4.69, 9.17) is 20.8 Å². The Hall–Kier alpha value is -2.66. The summed E-state index contributed by atoms with van der Waals surface area (Å²) in [6, 6.07) is 10.9. The van der Waals surface area contributed by atoms with Gasteiger partial charge in [0.05, 0.1) is 35.7 Å². The first-order valence-electron chi connectivity index (χ1n) is 8.43. The summed E-state index contributed by atoms with van der Waals surface area (Å²) in [4.78, 5) is 12.8. The lowest BCUT2D eigenvalue weighted by molar-refractivity contribution is 0.102. The molecule has 0 atom stereocenters. The summed E-state index contributed by atoms with van der Waals surface area (Å²) in [5.74, 6) is 1.12. The fourth-order valence-electron chi connectivity index (χ4n) is 2.92. The van der Waals surface area contributed by atoms with E-state index >= 15 is 0 Å². The van der Waals surface area contributed by atoms with Crippen LogP contribution in [0.25, 0.3) is 0 Å². The number of aromatic nitrogens is 1. The van der Waals surface area contributed by atoms with Gasteiger partial charge < -0.3 is 19.0 Å². The van der Waals surface area contributed by atoms with Gasteiger partial charge in [0.1, 0.15) is 5.76 Å². The fraction of sp³-hybridized carbons (Fsp3) is 0.250. The summed E-state index contributed by atoms with van der Waals surface area (Å²) >= 11 is 6.19.